The zero-order chi connectivity index (χ0) is 30.5. The molecule has 4 aliphatic carbocycles. The maximum atomic E-state index is 2.46. The largest absolute Gasteiger partial charge is 0.314 e. The third kappa shape index (κ3) is 4.34. The van der Waals surface area contributed by atoms with Crippen molar-refractivity contribution in [1.29, 1.82) is 0 Å². The molecule has 0 N–H and O–H groups in total. The van der Waals surface area contributed by atoms with E-state index in [1.54, 1.807) is 0 Å². The van der Waals surface area contributed by atoms with Gasteiger partial charge >= 0.3 is 0 Å². The molecule has 0 aromatic heterocycles. The SMILES string of the molecule is C1=C2CC(N(c3ccccc3)c3ccccc3)=CC3=C2C2C(=C1)C=C(N(c1ccccc1)c1ccccc1)C=C2c1ccccc13. The standard InChI is InChI=1S/C44H32N2/c1-5-15-33(16-6-1)45(34-17-7-2-8-18-34)37-27-31-25-26-32-28-38(46(35-19-9-3-10-20-35)36-21-11-4-12-22-36)30-42-40-24-14-13-23-39(40)41(29-37)43(31)44(32)42/h1-27,29-30,43H,28H2. The highest BCUT2D eigenvalue weighted by Gasteiger charge is 2.40. The summed E-state index contributed by atoms with van der Waals surface area (Å²) < 4.78 is 0. The third-order valence-corrected chi connectivity index (χ3v) is 9.48. The highest BCUT2D eigenvalue weighted by Crippen LogP contribution is 2.56. The lowest BCUT2D eigenvalue weighted by Crippen LogP contribution is -2.28. The number of benzene rings is 5. The summed E-state index contributed by atoms with van der Waals surface area (Å²) >= 11 is 0. The zero-order valence-electron chi connectivity index (χ0n) is 25.4. The van der Waals surface area contributed by atoms with Crippen molar-refractivity contribution in [2.75, 3.05) is 9.80 Å². The molecule has 0 fully saturated rings. The molecule has 0 spiro atoms. The Bertz CT molecular complexity index is 2070. The van der Waals surface area contributed by atoms with Crippen molar-refractivity contribution < 1.29 is 0 Å². The molecule has 0 saturated heterocycles. The number of anilines is 4. The average Bonchev–Trinajstić information content (AvgIpc) is 3.13. The first-order valence-electron chi connectivity index (χ1n) is 16.0. The van der Waals surface area contributed by atoms with Crippen LogP contribution in [0.25, 0.3) is 11.1 Å². The summed E-state index contributed by atoms with van der Waals surface area (Å²) in [5.74, 6) is 0.210. The number of fused-ring (bicyclic) bond motifs is 3. The second-order valence-electron chi connectivity index (χ2n) is 12.2. The summed E-state index contributed by atoms with van der Waals surface area (Å²) in [5.41, 5.74) is 16.6. The van der Waals surface area contributed by atoms with Crippen LogP contribution in [0.3, 0.4) is 0 Å². The van der Waals surface area contributed by atoms with E-state index in [9.17, 15) is 0 Å². The number of hydrogen-bond acceptors (Lipinski definition) is 2. The quantitative estimate of drug-likeness (QED) is 0.195. The van der Waals surface area contributed by atoms with Gasteiger partial charge in [0.25, 0.3) is 0 Å². The van der Waals surface area contributed by atoms with Gasteiger partial charge in [-0.05, 0) is 106 Å². The second kappa shape index (κ2) is 10.9. The van der Waals surface area contributed by atoms with Crippen LogP contribution < -0.4 is 9.80 Å². The van der Waals surface area contributed by atoms with E-state index in [0.29, 0.717) is 0 Å². The van der Waals surface area contributed by atoms with Crippen molar-refractivity contribution in [3.63, 3.8) is 0 Å². The van der Waals surface area contributed by atoms with Gasteiger partial charge in [-0.2, -0.15) is 0 Å². The fraction of sp³-hybridized carbons (Fsp3) is 0.0455. The molecule has 0 radical (unpaired) electrons. The Balaban J connectivity index is 1.22. The Morgan fingerprint density at radius 3 is 1.52 bits per heavy atom. The normalized spacial score (nSPS) is 17.4. The fourth-order valence-corrected chi connectivity index (χ4v) is 7.56. The molecule has 2 nitrogen and oxygen atoms in total. The van der Waals surface area contributed by atoms with E-state index in [0.717, 1.165) is 17.8 Å². The van der Waals surface area contributed by atoms with E-state index in [1.807, 2.05) is 0 Å². The minimum atomic E-state index is 0.210. The van der Waals surface area contributed by atoms with Gasteiger partial charge in [0.15, 0.2) is 0 Å². The number of rotatable bonds is 6. The van der Waals surface area contributed by atoms with Crippen molar-refractivity contribution in [3.8, 4) is 0 Å². The molecule has 0 saturated carbocycles. The molecule has 9 rings (SSSR count). The van der Waals surface area contributed by atoms with Crippen LogP contribution in [0.4, 0.5) is 22.7 Å². The first kappa shape index (κ1) is 26.5. The fourth-order valence-electron chi connectivity index (χ4n) is 7.56. The minimum absolute atomic E-state index is 0.210. The van der Waals surface area contributed by atoms with Crippen molar-refractivity contribution in [2.24, 2.45) is 5.92 Å². The molecule has 0 bridgehead atoms. The van der Waals surface area contributed by atoms with E-state index in [1.165, 1.54) is 61.8 Å². The second-order valence-corrected chi connectivity index (χ2v) is 12.2. The summed E-state index contributed by atoms with van der Waals surface area (Å²) in [7, 11) is 0. The number of nitrogens with zero attached hydrogens (tertiary/aromatic N) is 2. The summed E-state index contributed by atoms with van der Waals surface area (Å²) in [5, 5.41) is 0. The summed E-state index contributed by atoms with van der Waals surface area (Å²) in [4.78, 5) is 4.81. The van der Waals surface area contributed by atoms with Gasteiger partial charge in [0, 0.05) is 46.5 Å². The zero-order valence-corrected chi connectivity index (χ0v) is 25.4. The summed E-state index contributed by atoms with van der Waals surface area (Å²) in [6.45, 7) is 0. The molecular weight excluding hydrogens is 556 g/mol. The van der Waals surface area contributed by atoms with Crippen molar-refractivity contribution in [2.45, 2.75) is 6.42 Å². The van der Waals surface area contributed by atoms with E-state index in [-0.39, 0.29) is 5.92 Å². The topological polar surface area (TPSA) is 6.48 Å². The highest BCUT2D eigenvalue weighted by molar-refractivity contribution is 6.00. The van der Waals surface area contributed by atoms with Gasteiger partial charge in [-0.1, -0.05) is 109 Å². The van der Waals surface area contributed by atoms with Crippen LogP contribution in [-0.4, -0.2) is 0 Å². The summed E-state index contributed by atoms with van der Waals surface area (Å²) in [6.07, 6.45) is 12.9. The van der Waals surface area contributed by atoms with Gasteiger partial charge in [-0.15, -0.1) is 0 Å². The summed E-state index contributed by atoms with van der Waals surface area (Å²) in [6, 6.07) is 51.9. The Kier molecular flexibility index (Phi) is 6.31. The molecule has 46 heavy (non-hydrogen) atoms. The molecule has 1 unspecified atom stereocenters. The highest BCUT2D eigenvalue weighted by atomic mass is 15.2. The Labute approximate surface area is 270 Å². The minimum Gasteiger partial charge on any atom is -0.314 e. The monoisotopic (exact) mass is 588 g/mol. The van der Waals surface area contributed by atoms with Crippen molar-refractivity contribution in [1.82, 2.24) is 0 Å². The molecular formula is C44H32N2. The smallest absolute Gasteiger partial charge is 0.0468 e. The molecule has 0 heterocycles. The van der Waals surface area contributed by atoms with Gasteiger partial charge in [-0.3, -0.25) is 0 Å². The average molecular weight is 589 g/mol. The maximum Gasteiger partial charge on any atom is 0.0468 e. The van der Waals surface area contributed by atoms with Crippen LogP contribution in [0, 0.1) is 5.92 Å². The van der Waals surface area contributed by atoms with Crippen LogP contribution >= 0.6 is 0 Å². The number of hydrogen-bond donors (Lipinski definition) is 0. The molecule has 0 amide bonds. The molecule has 1 atom stereocenters. The van der Waals surface area contributed by atoms with Gasteiger partial charge in [0.05, 0.1) is 0 Å². The van der Waals surface area contributed by atoms with E-state index >= 15 is 0 Å². The first-order valence-corrected chi connectivity index (χ1v) is 16.0. The lowest BCUT2D eigenvalue weighted by Gasteiger charge is -2.42. The maximum absolute atomic E-state index is 2.46. The van der Waals surface area contributed by atoms with E-state index in [4.69, 9.17) is 0 Å². The van der Waals surface area contributed by atoms with Gasteiger partial charge in [0.1, 0.15) is 0 Å². The predicted octanol–water partition coefficient (Wildman–Crippen LogP) is 11.2. The molecule has 218 valence electrons. The van der Waals surface area contributed by atoms with Crippen LogP contribution in [0.5, 0.6) is 0 Å². The van der Waals surface area contributed by atoms with Crippen LogP contribution in [-0.2, 0) is 0 Å². The van der Waals surface area contributed by atoms with Crippen LogP contribution in [0.2, 0.25) is 0 Å². The van der Waals surface area contributed by atoms with Gasteiger partial charge < -0.3 is 9.80 Å². The lowest BCUT2D eigenvalue weighted by molar-refractivity contribution is 0.870. The van der Waals surface area contributed by atoms with Crippen LogP contribution in [0.15, 0.2) is 204 Å². The van der Waals surface area contributed by atoms with Crippen LogP contribution in [0.1, 0.15) is 17.5 Å². The number of allylic oxidation sites excluding steroid dienone is 10. The molecule has 2 heteroatoms. The van der Waals surface area contributed by atoms with Gasteiger partial charge in [-0.25, -0.2) is 0 Å². The van der Waals surface area contributed by atoms with E-state index < -0.39 is 0 Å². The molecule has 4 aliphatic rings. The Hall–Kier alpha value is -5.86. The Morgan fingerprint density at radius 2 is 0.957 bits per heavy atom. The molecule has 0 aliphatic heterocycles. The molecule has 5 aromatic carbocycles. The first-order chi connectivity index (χ1) is 22.8. The van der Waals surface area contributed by atoms with Crippen molar-refractivity contribution >= 4 is 33.9 Å². The Morgan fingerprint density at radius 1 is 0.457 bits per heavy atom. The predicted molar refractivity (Wildman–Crippen MR) is 192 cm³/mol. The lowest BCUT2D eigenvalue weighted by atomic mass is 9.64. The molecule has 5 aromatic rings. The van der Waals surface area contributed by atoms with Gasteiger partial charge in [0.2, 0.25) is 0 Å². The third-order valence-electron chi connectivity index (χ3n) is 9.48. The van der Waals surface area contributed by atoms with E-state index in [2.05, 4.69) is 186 Å². The number of para-hydroxylation sites is 4. The van der Waals surface area contributed by atoms with Crippen molar-refractivity contribution in [3.05, 3.63) is 215 Å².